The molecule has 0 aromatic heterocycles. The lowest BCUT2D eigenvalue weighted by Crippen LogP contribution is -2.00. The number of rotatable bonds is 14. The quantitative estimate of drug-likeness (QED) is 0.328. The SMILES string of the molecule is CCCCCCC(O)/C=C/C=C/C=C\C=C\C(O)CCCCC. The molecule has 2 heteroatoms. The molecule has 2 unspecified atom stereocenters. The second-order valence-corrected chi connectivity index (χ2v) is 6.02. The van der Waals surface area contributed by atoms with Crippen molar-refractivity contribution in [1.29, 1.82) is 0 Å². The first kappa shape index (κ1) is 21.9. The van der Waals surface area contributed by atoms with Gasteiger partial charge in [-0.25, -0.2) is 0 Å². The maximum Gasteiger partial charge on any atom is 0.0723 e. The predicted molar refractivity (Wildman–Crippen MR) is 101 cm³/mol. The Balaban J connectivity index is 3.76. The van der Waals surface area contributed by atoms with Crippen molar-refractivity contribution < 1.29 is 10.2 Å². The van der Waals surface area contributed by atoms with Crippen molar-refractivity contribution in [3.8, 4) is 0 Å². The van der Waals surface area contributed by atoms with Gasteiger partial charge in [-0.15, -0.1) is 0 Å². The van der Waals surface area contributed by atoms with Crippen LogP contribution in [0.4, 0.5) is 0 Å². The van der Waals surface area contributed by atoms with E-state index in [1.165, 1.54) is 32.1 Å². The van der Waals surface area contributed by atoms with Crippen LogP contribution in [0.2, 0.25) is 0 Å². The second kappa shape index (κ2) is 17.2. The molecular formula is C21H36O2. The summed E-state index contributed by atoms with van der Waals surface area (Å²) in [6, 6.07) is 0. The minimum Gasteiger partial charge on any atom is -0.389 e. The van der Waals surface area contributed by atoms with E-state index >= 15 is 0 Å². The van der Waals surface area contributed by atoms with Crippen molar-refractivity contribution in [3.05, 3.63) is 48.6 Å². The largest absolute Gasteiger partial charge is 0.389 e. The number of allylic oxidation sites excluding steroid dienone is 6. The molecule has 0 heterocycles. The van der Waals surface area contributed by atoms with Gasteiger partial charge in [-0.1, -0.05) is 107 Å². The third-order valence-corrected chi connectivity index (χ3v) is 3.68. The van der Waals surface area contributed by atoms with Crippen LogP contribution in [0.5, 0.6) is 0 Å². The summed E-state index contributed by atoms with van der Waals surface area (Å²) in [7, 11) is 0. The van der Waals surface area contributed by atoms with Gasteiger partial charge in [-0.3, -0.25) is 0 Å². The Bertz CT molecular complexity index is 353. The molecule has 0 radical (unpaired) electrons. The van der Waals surface area contributed by atoms with Crippen molar-refractivity contribution in [2.24, 2.45) is 0 Å². The first-order valence-corrected chi connectivity index (χ1v) is 9.25. The number of unbranched alkanes of at least 4 members (excludes halogenated alkanes) is 5. The van der Waals surface area contributed by atoms with Gasteiger partial charge in [0.05, 0.1) is 12.2 Å². The maximum atomic E-state index is 9.76. The molecule has 0 amide bonds. The first-order valence-electron chi connectivity index (χ1n) is 9.25. The highest BCUT2D eigenvalue weighted by Crippen LogP contribution is 2.06. The molecule has 23 heavy (non-hydrogen) atoms. The molecule has 0 aliphatic rings. The van der Waals surface area contributed by atoms with Crippen molar-refractivity contribution in [2.45, 2.75) is 83.8 Å². The highest BCUT2D eigenvalue weighted by molar-refractivity contribution is 5.16. The summed E-state index contributed by atoms with van der Waals surface area (Å²) in [5, 5.41) is 19.5. The third kappa shape index (κ3) is 17.1. The van der Waals surface area contributed by atoms with E-state index in [1.807, 2.05) is 48.6 Å². The van der Waals surface area contributed by atoms with E-state index in [2.05, 4.69) is 13.8 Å². The fourth-order valence-corrected chi connectivity index (χ4v) is 2.22. The van der Waals surface area contributed by atoms with Crippen molar-refractivity contribution in [1.82, 2.24) is 0 Å². The number of aliphatic hydroxyl groups is 2. The van der Waals surface area contributed by atoms with Crippen LogP contribution < -0.4 is 0 Å². The maximum absolute atomic E-state index is 9.76. The third-order valence-electron chi connectivity index (χ3n) is 3.68. The van der Waals surface area contributed by atoms with Crippen LogP contribution in [-0.4, -0.2) is 22.4 Å². The molecule has 0 aliphatic carbocycles. The number of aliphatic hydroxyl groups excluding tert-OH is 2. The summed E-state index contributed by atoms with van der Waals surface area (Å²) in [5.41, 5.74) is 0. The van der Waals surface area contributed by atoms with Crippen molar-refractivity contribution >= 4 is 0 Å². The zero-order chi connectivity index (χ0) is 17.2. The van der Waals surface area contributed by atoms with E-state index in [0.717, 1.165) is 25.7 Å². The fraction of sp³-hybridized carbons (Fsp3) is 0.619. The van der Waals surface area contributed by atoms with E-state index in [0.29, 0.717) is 0 Å². The molecule has 0 saturated heterocycles. The Morgan fingerprint density at radius 3 is 1.43 bits per heavy atom. The van der Waals surface area contributed by atoms with Crippen LogP contribution in [0.1, 0.15) is 71.6 Å². The first-order chi connectivity index (χ1) is 11.2. The van der Waals surface area contributed by atoms with Crippen LogP contribution in [0.3, 0.4) is 0 Å². The Kier molecular flexibility index (Phi) is 16.4. The standard InChI is InChI=1S/C21H36O2/c1-3-5-7-13-17-21(23)19-15-11-9-8-10-14-18-20(22)16-12-6-4-2/h8-11,14-15,18-23H,3-7,12-13,16-17H2,1-2H3/b10-8-,11-9+,18-14+,19-15+. The van der Waals surface area contributed by atoms with Crippen molar-refractivity contribution in [3.63, 3.8) is 0 Å². The number of hydrogen-bond acceptors (Lipinski definition) is 2. The van der Waals surface area contributed by atoms with Crippen LogP contribution in [0.15, 0.2) is 48.6 Å². The molecule has 2 atom stereocenters. The molecule has 0 aliphatic heterocycles. The van der Waals surface area contributed by atoms with Gasteiger partial charge >= 0.3 is 0 Å². The summed E-state index contributed by atoms with van der Waals surface area (Å²) < 4.78 is 0. The smallest absolute Gasteiger partial charge is 0.0723 e. The molecule has 0 spiro atoms. The van der Waals surface area contributed by atoms with Gasteiger partial charge in [0, 0.05) is 0 Å². The van der Waals surface area contributed by atoms with Crippen LogP contribution >= 0.6 is 0 Å². The van der Waals surface area contributed by atoms with Crippen LogP contribution in [0.25, 0.3) is 0 Å². The van der Waals surface area contributed by atoms with Gasteiger partial charge < -0.3 is 10.2 Å². The summed E-state index contributed by atoms with van der Waals surface area (Å²) in [6.07, 6.45) is 24.3. The molecule has 0 bridgehead atoms. The monoisotopic (exact) mass is 320 g/mol. The molecule has 2 N–H and O–H groups in total. The highest BCUT2D eigenvalue weighted by Gasteiger charge is 1.97. The van der Waals surface area contributed by atoms with Crippen LogP contribution in [-0.2, 0) is 0 Å². The molecule has 2 nitrogen and oxygen atoms in total. The van der Waals surface area contributed by atoms with Crippen LogP contribution in [0, 0.1) is 0 Å². The average Bonchev–Trinajstić information content (AvgIpc) is 2.54. The van der Waals surface area contributed by atoms with Crippen molar-refractivity contribution in [2.75, 3.05) is 0 Å². The minimum absolute atomic E-state index is 0.335. The van der Waals surface area contributed by atoms with Gasteiger partial charge in [0.1, 0.15) is 0 Å². The lowest BCUT2D eigenvalue weighted by atomic mass is 10.1. The van der Waals surface area contributed by atoms with E-state index in [1.54, 1.807) is 0 Å². The summed E-state index contributed by atoms with van der Waals surface area (Å²) >= 11 is 0. The Labute approximate surface area is 143 Å². The van der Waals surface area contributed by atoms with Gasteiger partial charge in [-0.05, 0) is 12.8 Å². The summed E-state index contributed by atoms with van der Waals surface area (Å²) in [5.74, 6) is 0. The highest BCUT2D eigenvalue weighted by atomic mass is 16.3. The Morgan fingerprint density at radius 2 is 0.957 bits per heavy atom. The van der Waals surface area contributed by atoms with E-state index in [-0.39, 0.29) is 12.2 Å². The second-order valence-electron chi connectivity index (χ2n) is 6.02. The Hall–Kier alpha value is -1.12. The average molecular weight is 321 g/mol. The minimum atomic E-state index is -0.335. The van der Waals surface area contributed by atoms with Gasteiger partial charge in [0.2, 0.25) is 0 Å². The zero-order valence-corrected chi connectivity index (χ0v) is 15.0. The lowest BCUT2D eigenvalue weighted by Gasteiger charge is -2.03. The molecule has 0 aromatic rings. The fourth-order valence-electron chi connectivity index (χ4n) is 2.22. The zero-order valence-electron chi connectivity index (χ0n) is 15.0. The molecule has 0 aromatic carbocycles. The molecular weight excluding hydrogens is 284 g/mol. The van der Waals surface area contributed by atoms with Gasteiger partial charge in [0.25, 0.3) is 0 Å². The summed E-state index contributed by atoms with van der Waals surface area (Å²) in [4.78, 5) is 0. The number of hydrogen-bond donors (Lipinski definition) is 2. The topological polar surface area (TPSA) is 40.5 Å². The predicted octanol–water partition coefficient (Wildman–Crippen LogP) is 5.48. The van der Waals surface area contributed by atoms with E-state index in [4.69, 9.17) is 0 Å². The van der Waals surface area contributed by atoms with E-state index < -0.39 is 0 Å². The van der Waals surface area contributed by atoms with E-state index in [9.17, 15) is 10.2 Å². The molecule has 0 saturated carbocycles. The normalized spacial score (nSPS) is 15.5. The van der Waals surface area contributed by atoms with Gasteiger partial charge in [-0.2, -0.15) is 0 Å². The lowest BCUT2D eigenvalue weighted by molar-refractivity contribution is 0.208. The molecule has 132 valence electrons. The molecule has 0 rings (SSSR count). The summed E-state index contributed by atoms with van der Waals surface area (Å²) in [6.45, 7) is 4.36. The van der Waals surface area contributed by atoms with Gasteiger partial charge in [0.15, 0.2) is 0 Å². The Morgan fingerprint density at radius 1 is 0.565 bits per heavy atom. The molecule has 0 fully saturated rings.